The van der Waals surface area contributed by atoms with E-state index in [-0.39, 0.29) is 11.8 Å². The molecule has 1 heteroatoms. The van der Waals surface area contributed by atoms with Crippen molar-refractivity contribution in [3.8, 4) is 11.1 Å². The Morgan fingerprint density at radius 1 is 0.282 bits per heavy atom. The van der Waals surface area contributed by atoms with Crippen LogP contribution in [0.15, 0.2) is 164 Å². The van der Waals surface area contributed by atoms with Crippen molar-refractivity contribution < 1.29 is 0 Å². The second-order valence-electron chi connectivity index (χ2n) is 9.89. The van der Waals surface area contributed by atoms with Gasteiger partial charge in [0.15, 0.2) is 0 Å². The van der Waals surface area contributed by atoms with E-state index < -0.39 is 0 Å². The van der Waals surface area contributed by atoms with Crippen molar-refractivity contribution in [3.05, 3.63) is 202 Å². The van der Waals surface area contributed by atoms with Gasteiger partial charge in [-0.2, -0.15) is 0 Å². The highest BCUT2D eigenvalue weighted by Crippen LogP contribution is 2.35. The van der Waals surface area contributed by atoms with Crippen LogP contribution in [0.1, 0.15) is 45.2 Å². The van der Waals surface area contributed by atoms with Crippen molar-refractivity contribution in [1.29, 1.82) is 0 Å². The van der Waals surface area contributed by atoms with E-state index in [1.54, 1.807) is 0 Å². The normalized spacial score (nSPS) is 11.8. The van der Waals surface area contributed by atoms with Crippen molar-refractivity contribution in [2.24, 2.45) is 0 Å². The van der Waals surface area contributed by atoms with Crippen LogP contribution in [0.5, 0.6) is 0 Å². The van der Waals surface area contributed by atoms with Gasteiger partial charge in [0, 0.05) is 16.9 Å². The first kappa shape index (κ1) is 24.9. The Bertz CT molecular complexity index is 1560. The largest absolute Gasteiger partial charge is 0.0843 e. The molecule has 0 saturated carbocycles. The molecule has 1 atom stereocenters. The fraction of sp³-hybridized carbons (Fsp3) is 0.0526. The maximum atomic E-state index is 6.20. The lowest BCUT2D eigenvalue weighted by molar-refractivity contribution is 0.976. The molecule has 6 aromatic rings. The molecule has 0 amide bonds. The van der Waals surface area contributed by atoms with E-state index in [2.05, 4.69) is 152 Å². The van der Waals surface area contributed by atoms with Crippen molar-refractivity contribution >= 4 is 11.6 Å². The maximum Gasteiger partial charge on any atom is 0.0406 e. The molecule has 0 fully saturated rings. The van der Waals surface area contributed by atoms with Crippen LogP contribution in [0.25, 0.3) is 11.1 Å². The van der Waals surface area contributed by atoms with E-state index in [0.29, 0.717) is 0 Å². The molecule has 0 radical (unpaired) electrons. The van der Waals surface area contributed by atoms with Gasteiger partial charge in [-0.15, -0.1) is 0 Å². The average Bonchev–Trinajstić information content (AvgIpc) is 3.01. The number of halogens is 1. The molecule has 39 heavy (non-hydrogen) atoms. The lowest BCUT2D eigenvalue weighted by Gasteiger charge is -2.20. The van der Waals surface area contributed by atoms with E-state index in [0.717, 1.165) is 5.02 Å². The highest BCUT2D eigenvalue weighted by Gasteiger charge is 2.18. The minimum atomic E-state index is 0.150. The zero-order valence-electron chi connectivity index (χ0n) is 21.6. The summed E-state index contributed by atoms with van der Waals surface area (Å²) in [6, 6.07) is 58.4. The van der Waals surface area contributed by atoms with Crippen LogP contribution in [0, 0.1) is 0 Å². The second kappa shape index (κ2) is 11.6. The summed E-state index contributed by atoms with van der Waals surface area (Å²) in [7, 11) is 0. The zero-order valence-corrected chi connectivity index (χ0v) is 22.4. The molecule has 6 aromatic carbocycles. The third-order valence-corrected chi connectivity index (χ3v) is 7.68. The molecule has 0 aliphatic rings. The number of hydrogen-bond donors (Lipinski definition) is 0. The molecule has 0 aliphatic heterocycles. The Hall–Kier alpha value is -4.39. The Morgan fingerprint density at radius 2 is 0.538 bits per heavy atom. The van der Waals surface area contributed by atoms with Gasteiger partial charge in [-0.1, -0.05) is 163 Å². The Morgan fingerprint density at radius 3 is 0.846 bits per heavy atom. The summed E-state index contributed by atoms with van der Waals surface area (Å²) < 4.78 is 0. The van der Waals surface area contributed by atoms with Gasteiger partial charge < -0.3 is 0 Å². The van der Waals surface area contributed by atoms with Crippen LogP contribution in [0.3, 0.4) is 0 Å². The molecule has 0 bridgehead atoms. The fourth-order valence-corrected chi connectivity index (χ4v) is 5.61. The predicted octanol–water partition coefficient (Wildman–Crippen LogP) is 10.4. The molecule has 0 spiro atoms. The molecule has 0 aliphatic carbocycles. The van der Waals surface area contributed by atoms with Gasteiger partial charge in [-0.05, 0) is 56.6 Å². The van der Waals surface area contributed by atoms with Crippen molar-refractivity contribution in [1.82, 2.24) is 0 Å². The molecule has 6 rings (SSSR count). The Balaban J connectivity index is 1.31. The minimum absolute atomic E-state index is 0.150. The number of hydrogen-bond acceptors (Lipinski definition) is 0. The van der Waals surface area contributed by atoms with Gasteiger partial charge in [-0.3, -0.25) is 0 Å². The van der Waals surface area contributed by atoms with E-state index >= 15 is 0 Å². The Kier molecular flexibility index (Phi) is 7.38. The lowest BCUT2D eigenvalue weighted by Crippen LogP contribution is -2.03. The fourth-order valence-electron chi connectivity index (χ4n) is 5.48. The smallest absolute Gasteiger partial charge is 0.0406 e. The van der Waals surface area contributed by atoms with Gasteiger partial charge in [-0.25, -0.2) is 0 Å². The summed E-state index contributed by atoms with van der Waals surface area (Å²) in [6.07, 6.45) is 0. The quantitative estimate of drug-likeness (QED) is 0.184. The van der Waals surface area contributed by atoms with Gasteiger partial charge >= 0.3 is 0 Å². The van der Waals surface area contributed by atoms with Crippen molar-refractivity contribution in [3.63, 3.8) is 0 Å². The van der Waals surface area contributed by atoms with E-state index in [1.807, 2.05) is 12.1 Å². The minimum Gasteiger partial charge on any atom is -0.0843 e. The van der Waals surface area contributed by atoms with Crippen molar-refractivity contribution in [2.45, 2.75) is 11.8 Å². The molecule has 0 aromatic heterocycles. The van der Waals surface area contributed by atoms with Gasteiger partial charge in [0.25, 0.3) is 0 Å². The second-order valence-corrected chi connectivity index (χ2v) is 10.3. The molecule has 188 valence electrons. The topological polar surface area (TPSA) is 0 Å². The molecule has 0 nitrogen and oxygen atoms in total. The molecule has 0 saturated heterocycles. The monoisotopic (exact) mass is 520 g/mol. The molecular formula is C38H29Cl. The third kappa shape index (κ3) is 5.58. The van der Waals surface area contributed by atoms with E-state index in [9.17, 15) is 0 Å². The van der Waals surface area contributed by atoms with Crippen LogP contribution < -0.4 is 0 Å². The molecule has 1 unspecified atom stereocenters. The standard InChI is InChI=1S/C38H29Cl/c39-36-26-24-35(25-27-36)38(32-14-8-3-9-15-32)34-22-18-29(19-23-34)28-16-20-33(21-17-28)37(30-10-4-1-5-11-30)31-12-6-2-7-13-31/h1-27,37-38H. The van der Waals surface area contributed by atoms with Crippen LogP contribution in [-0.4, -0.2) is 0 Å². The summed E-state index contributed by atoms with van der Waals surface area (Å²) in [5, 5.41) is 0.756. The maximum absolute atomic E-state index is 6.20. The van der Waals surface area contributed by atoms with Gasteiger partial charge in [0.2, 0.25) is 0 Å². The number of rotatable bonds is 7. The lowest BCUT2D eigenvalue weighted by atomic mass is 9.84. The molecule has 0 N–H and O–H groups in total. The summed E-state index contributed by atoms with van der Waals surface area (Å²) in [6.45, 7) is 0. The van der Waals surface area contributed by atoms with Crippen LogP contribution in [0.4, 0.5) is 0 Å². The zero-order chi connectivity index (χ0) is 26.4. The summed E-state index contributed by atoms with van der Waals surface area (Å²) in [4.78, 5) is 0. The molecular weight excluding hydrogens is 492 g/mol. The summed E-state index contributed by atoms with van der Waals surface area (Å²) in [5.41, 5.74) is 10.1. The first-order valence-electron chi connectivity index (χ1n) is 13.4. The van der Waals surface area contributed by atoms with Crippen LogP contribution >= 0.6 is 11.6 Å². The third-order valence-electron chi connectivity index (χ3n) is 7.42. The van der Waals surface area contributed by atoms with Crippen LogP contribution in [-0.2, 0) is 0 Å². The molecule has 0 heterocycles. The SMILES string of the molecule is Clc1ccc(C(c2ccccc2)c2ccc(-c3ccc(C(c4ccccc4)c4ccccc4)cc3)cc2)cc1. The average molecular weight is 521 g/mol. The Labute approximate surface area is 236 Å². The van der Waals surface area contributed by atoms with E-state index in [4.69, 9.17) is 11.6 Å². The van der Waals surface area contributed by atoms with Gasteiger partial charge in [0.1, 0.15) is 0 Å². The number of benzene rings is 6. The van der Waals surface area contributed by atoms with Crippen LogP contribution in [0.2, 0.25) is 5.02 Å². The first-order valence-corrected chi connectivity index (χ1v) is 13.7. The summed E-state index contributed by atoms with van der Waals surface area (Å²) in [5.74, 6) is 0.354. The van der Waals surface area contributed by atoms with E-state index in [1.165, 1.54) is 44.5 Å². The summed E-state index contributed by atoms with van der Waals surface area (Å²) >= 11 is 6.20. The predicted molar refractivity (Wildman–Crippen MR) is 165 cm³/mol. The first-order chi connectivity index (χ1) is 19.3. The van der Waals surface area contributed by atoms with Crippen molar-refractivity contribution in [2.75, 3.05) is 0 Å². The van der Waals surface area contributed by atoms with Gasteiger partial charge in [0.05, 0.1) is 0 Å². The highest BCUT2D eigenvalue weighted by molar-refractivity contribution is 6.30. The highest BCUT2D eigenvalue weighted by atomic mass is 35.5.